The van der Waals surface area contributed by atoms with E-state index in [0.717, 1.165) is 40.2 Å². The summed E-state index contributed by atoms with van der Waals surface area (Å²) in [5.41, 5.74) is 17.1. The summed E-state index contributed by atoms with van der Waals surface area (Å²) in [6, 6.07) is 67.4. The van der Waals surface area contributed by atoms with E-state index in [1.807, 2.05) is 0 Å². The molecule has 3 unspecified atom stereocenters. The summed E-state index contributed by atoms with van der Waals surface area (Å²) in [6.45, 7) is 0. The molecule has 1 spiro atoms. The number of fused-ring (bicyclic) bond motifs is 14. The SMILES string of the molecule is C1=CC2c3ccc(-c4ccc(N(c5ccc6ccccc6c5)c5cccc6c7c(oc56)C(c5ccccc5)CC=C7)cc4)cc3C3(c4ccccc4-c4ccccc43)C2C=C1. The molecule has 0 bridgehead atoms. The average Bonchev–Trinajstić information content (AvgIpc) is 3.97. The number of benzene rings is 8. The first-order valence-corrected chi connectivity index (χ1v) is 21.6. The Hall–Kier alpha value is -7.42. The number of rotatable bonds is 5. The van der Waals surface area contributed by atoms with Gasteiger partial charge >= 0.3 is 0 Å². The molecular formula is C59H41NO. The highest BCUT2D eigenvalue weighted by molar-refractivity contribution is 6.01. The molecule has 0 saturated carbocycles. The minimum Gasteiger partial charge on any atom is -0.458 e. The Morgan fingerprint density at radius 1 is 0.541 bits per heavy atom. The third kappa shape index (κ3) is 4.97. The Labute approximate surface area is 356 Å². The van der Waals surface area contributed by atoms with Gasteiger partial charge in [-0.3, -0.25) is 0 Å². The van der Waals surface area contributed by atoms with E-state index in [0.29, 0.717) is 11.8 Å². The Morgan fingerprint density at radius 2 is 1.25 bits per heavy atom. The van der Waals surface area contributed by atoms with Crippen LogP contribution in [0.5, 0.6) is 0 Å². The van der Waals surface area contributed by atoms with Gasteiger partial charge in [0.25, 0.3) is 0 Å². The summed E-state index contributed by atoms with van der Waals surface area (Å²) in [5, 5.41) is 3.56. The van der Waals surface area contributed by atoms with Crippen LogP contribution in [0.15, 0.2) is 217 Å². The first-order valence-electron chi connectivity index (χ1n) is 21.6. The van der Waals surface area contributed by atoms with E-state index in [4.69, 9.17) is 4.42 Å². The molecule has 13 rings (SSSR count). The smallest absolute Gasteiger partial charge is 0.158 e. The molecule has 0 aliphatic heterocycles. The fourth-order valence-corrected chi connectivity index (χ4v) is 11.5. The predicted octanol–water partition coefficient (Wildman–Crippen LogP) is 15.4. The Morgan fingerprint density at radius 3 is 2.07 bits per heavy atom. The van der Waals surface area contributed by atoms with E-state index in [2.05, 4.69) is 223 Å². The summed E-state index contributed by atoms with van der Waals surface area (Å²) < 4.78 is 7.07. The quantitative estimate of drug-likeness (QED) is 0.173. The van der Waals surface area contributed by atoms with E-state index < -0.39 is 0 Å². The van der Waals surface area contributed by atoms with Crippen molar-refractivity contribution < 1.29 is 4.42 Å². The lowest BCUT2D eigenvalue weighted by Crippen LogP contribution is -2.32. The largest absolute Gasteiger partial charge is 0.458 e. The second-order valence-electron chi connectivity index (χ2n) is 17.1. The summed E-state index contributed by atoms with van der Waals surface area (Å²) >= 11 is 0. The van der Waals surface area contributed by atoms with Crippen molar-refractivity contribution in [3.05, 3.63) is 252 Å². The lowest BCUT2D eigenvalue weighted by molar-refractivity contribution is 0.465. The van der Waals surface area contributed by atoms with Crippen LogP contribution in [0.4, 0.5) is 17.1 Å². The number of hydrogen-bond donors (Lipinski definition) is 0. The minimum absolute atomic E-state index is 0.170. The average molecular weight is 780 g/mol. The molecule has 288 valence electrons. The monoisotopic (exact) mass is 779 g/mol. The maximum absolute atomic E-state index is 7.07. The molecule has 1 heterocycles. The second-order valence-corrected chi connectivity index (χ2v) is 17.1. The molecule has 0 radical (unpaired) electrons. The summed E-state index contributed by atoms with van der Waals surface area (Å²) in [4.78, 5) is 2.38. The van der Waals surface area contributed by atoms with Crippen molar-refractivity contribution in [3.8, 4) is 22.3 Å². The van der Waals surface area contributed by atoms with Crippen molar-refractivity contribution in [3.63, 3.8) is 0 Å². The van der Waals surface area contributed by atoms with Gasteiger partial charge in [0.1, 0.15) is 5.76 Å². The van der Waals surface area contributed by atoms with Gasteiger partial charge in [0, 0.05) is 40.1 Å². The molecule has 3 atom stereocenters. The topological polar surface area (TPSA) is 16.4 Å². The first-order chi connectivity index (χ1) is 30.3. The number of hydrogen-bond acceptors (Lipinski definition) is 2. The maximum Gasteiger partial charge on any atom is 0.158 e. The van der Waals surface area contributed by atoms with E-state index in [-0.39, 0.29) is 11.3 Å². The van der Waals surface area contributed by atoms with Crippen molar-refractivity contribution in [2.45, 2.75) is 23.7 Å². The third-order valence-corrected chi connectivity index (χ3v) is 14.1. The Kier molecular flexibility index (Phi) is 7.51. The van der Waals surface area contributed by atoms with Gasteiger partial charge in [0.05, 0.1) is 11.1 Å². The van der Waals surface area contributed by atoms with Crippen LogP contribution in [-0.2, 0) is 5.41 Å². The molecule has 2 nitrogen and oxygen atoms in total. The zero-order chi connectivity index (χ0) is 40.1. The molecule has 0 amide bonds. The van der Waals surface area contributed by atoms with Gasteiger partial charge < -0.3 is 9.32 Å². The molecule has 2 heteroatoms. The Balaban J connectivity index is 0.958. The molecule has 9 aromatic rings. The van der Waals surface area contributed by atoms with E-state index in [9.17, 15) is 0 Å². The molecule has 8 aromatic carbocycles. The number of anilines is 3. The molecule has 4 aliphatic rings. The number of para-hydroxylation sites is 1. The molecule has 0 N–H and O–H groups in total. The third-order valence-electron chi connectivity index (χ3n) is 14.1. The standard InChI is InChI=1S/C59H41NO/c1-2-15-40(16-3-1)45-21-12-22-50-51-23-13-27-56(58(51)61-57(45)50)60(44-34-30-38-14-4-5-17-41(38)36-44)43-32-28-39(29-33-43)42-31-35-49-48-20-8-11-26-54(48)59(55(49)37-42)52-24-9-6-18-46(52)47-19-7-10-25-53(47)59/h1-20,22-37,45,48,54H,21H2. The van der Waals surface area contributed by atoms with Crippen molar-refractivity contribution >= 4 is 44.9 Å². The van der Waals surface area contributed by atoms with Crippen LogP contribution in [0, 0.1) is 5.92 Å². The highest BCUT2D eigenvalue weighted by Gasteiger charge is 2.57. The van der Waals surface area contributed by atoms with Crippen LogP contribution in [0.3, 0.4) is 0 Å². The zero-order valence-corrected chi connectivity index (χ0v) is 33.6. The van der Waals surface area contributed by atoms with Crippen molar-refractivity contribution in [1.82, 2.24) is 0 Å². The van der Waals surface area contributed by atoms with Crippen LogP contribution < -0.4 is 4.90 Å². The van der Waals surface area contributed by atoms with Crippen LogP contribution in [0.25, 0.3) is 50.1 Å². The molecule has 61 heavy (non-hydrogen) atoms. The van der Waals surface area contributed by atoms with E-state index >= 15 is 0 Å². The van der Waals surface area contributed by atoms with Gasteiger partial charge in [-0.05, 0) is 104 Å². The van der Waals surface area contributed by atoms with Crippen LogP contribution >= 0.6 is 0 Å². The van der Waals surface area contributed by atoms with Gasteiger partial charge in [-0.1, -0.05) is 182 Å². The van der Waals surface area contributed by atoms with Crippen LogP contribution in [-0.4, -0.2) is 0 Å². The molecule has 0 fully saturated rings. The summed E-state index contributed by atoms with van der Waals surface area (Å²) in [7, 11) is 0. The number of allylic oxidation sites excluding steroid dienone is 5. The fourth-order valence-electron chi connectivity index (χ4n) is 11.5. The van der Waals surface area contributed by atoms with Gasteiger partial charge in [0.2, 0.25) is 0 Å². The van der Waals surface area contributed by atoms with Gasteiger partial charge in [0.15, 0.2) is 5.58 Å². The Bertz CT molecular complexity index is 3260. The molecule has 1 aromatic heterocycles. The van der Waals surface area contributed by atoms with E-state index in [1.165, 1.54) is 66.4 Å². The molecule has 0 saturated heterocycles. The fraction of sp³-hybridized carbons (Fsp3) is 0.0847. The summed E-state index contributed by atoms with van der Waals surface area (Å²) in [6.07, 6.45) is 14.9. The highest BCUT2D eigenvalue weighted by atomic mass is 16.3. The lowest BCUT2D eigenvalue weighted by Gasteiger charge is -2.36. The van der Waals surface area contributed by atoms with Gasteiger partial charge in [-0.2, -0.15) is 0 Å². The number of nitrogens with zero attached hydrogens (tertiary/aromatic N) is 1. The molecule has 4 aliphatic carbocycles. The zero-order valence-electron chi connectivity index (χ0n) is 33.6. The number of furan rings is 1. The highest BCUT2D eigenvalue weighted by Crippen LogP contribution is 2.65. The normalized spacial score (nSPS) is 18.5. The maximum atomic E-state index is 7.07. The van der Waals surface area contributed by atoms with Crippen molar-refractivity contribution in [1.29, 1.82) is 0 Å². The van der Waals surface area contributed by atoms with Gasteiger partial charge in [-0.25, -0.2) is 0 Å². The first kappa shape index (κ1) is 34.4. The lowest BCUT2D eigenvalue weighted by atomic mass is 9.65. The van der Waals surface area contributed by atoms with Crippen molar-refractivity contribution in [2.75, 3.05) is 4.90 Å². The molecular weight excluding hydrogens is 739 g/mol. The van der Waals surface area contributed by atoms with Crippen LogP contribution in [0.2, 0.25) is 0 Å². The predicted molar refractivity (Wildman–Crippen MR) is 252 cm³/mol. The summed E-state index contributed by atoms with van der Waals surface area (Å²) in [5.74, 6) is 1.83. The minimum atomic E-state index is -0.257. The van der Waals surface area contributed by atoms with Gasteiger partial charge in [-0.15, -0.1) is 0 Å². The van der Waals surface area contributed by atoms with Crippen LogP contribution in [0.1, 0.15) is 57.4 Å². The van der Waals surface area contributed by atoms with Crippen molar-refractivity contribution in [2.24, 2.45) is 5.92 Å². The van der Waals surface area contributed by atoms with E-state index in [1.54, 1.807) is 0 Å². The second kappa shape index (κ2) is 13.3.